The lowest BCUT2D eigenvalue weighted by Crippen LogP contribution is -1.88. The summed E-state index contributed by atoms with van der Waals surface area (Å²) >= 11 is 5.17. The van der Waals surface area contributed by atoms with Crippen LogP contribution >= 0.6 is 27.7 Å². The fraction of sp³-hybridized carbons (Fsp3) is 0.571. The Morgan fingerprint density at radius 2 is 2.45 bits per heavy atom. The topological polar surface area (TPSA) is 28.7 Å². The monoisotopic (exact) mass is 234 g/mol. The first-order valence-corrected chi connectivity index (χ1v) is 5.33. The van der Waals surface area contributed by atoms with E-state index in [-0.39, 0.29) is 0 Å². The van der Waals surface area contributed by atoms with Crippen molar-refractivity contribution >= 4 is 27.7 Å². The van der Waals surface area contributed by atoms with Crippen molar-refractivity contribution in [1.29, 1.82) is 0 Å². The predicted octanol–water partition coefficient (Wildman–Crippen LogP) is 2.81. The van der Waals surface area contributed by atoms with Crippen molar-refractivity contribution < 1.29 is 0 Å². The molecular weight excluding hydrogens is 224 g/mol. The normalized spacial score (nSPS) is 10.9. The van der Waals surface area contributed by atoms with Crippen LogP contribution in [0.5, 0.6) is 0 Å². The molecule has 0 aliphatic rings. The SMILES string of the molecule is CC(C)SCc1cnc(Br)[nH]1. The lowest BCUT2D eigenvalue weighted by atomic mass is 10.6. The smallest absolute Gasteiger partial charge is 0.174 e. The van der Waals surface area contributed by atoms with Crippen molar-refractivity contribution in [3.63, 3.8) is 0 Å². The lowest BCUT2D eigenvalue weighted by molar-refractivity contribution is 1.10. The molecule has 11 heavy (non-hydrogen) atoms. The highest BCUT2D eigenvalue weighted by molar-refractivity contribution is 9.10. The molecule has 0 spiro atoms. The van der Waals surface area contributed by atoms with Crippen LogP contribution in [-0.2, 0) is 5.75 Å². The Morgan fingerprint density at radius 3 is 2.91 bits per heavy atom. The van der Waals surface area contributed by atoms with E-state index in [1.807, 2.05) is 18.0 Å². The molecule has 0 atom stereocenters. The summed E-state index contributed by atoms with van der Waals surface area (Å²) in [6, 6.07) is 0. The van der Waals surface area contributed by atoms with Crippen LogP contribution in [0.1, 0.15) is 19.5 Å². The third-order valence-corrected chi connectivity index (χ3v) is 2.72. The summed E-state index contributed by atoms with van der Waals surface area (Å²) in [7, 11) is 0. The van der Waals surface area contributed by atoms with Crippen LogP contribution in [0.15, 0.2) is 10.9 Å². The summed E-state index contributed by atoms with van der Waals surface area (Å²) in [5, 5.41) is 0.678. The summed E-state index contributed by atoms with van der Waals surface area (Å²) in [4.78, 5) is 7.16. The number of hydrogen-bond donors (Lipinski definition) is 1. The Labute approximate surface area is 79.3 Å². The number of imidazole rings is 1. The van der Waals surface area contributed by atoms with Crippen molar-refractivity contribution in [1.82, 2.24) is 9.97 Å². The molecule has 0 unspecified atom stereocenters. The lowest BCUT2D eigenvalue weighted by Gasteiger charge is -2.00. The molecule has 4 heteroatoms. The van der Waals surface area contributed by atoms with Crippen molar-refractivity contribution in [2.24, 2.45) is 0 Å². The minimum atomic E-state index is 0.678. The molecule has 0 radical (unpaired) electrons. The largest absolute Gasteiger partial charge is 0.336 e. The summed E-state index contributed by atoms with van der Waals surface area (Å²) in [5.41, 5.74) is 1.18. The van der Waals surface area contributed by atoms with E-state index in [2.05, 4.69) is 39.7 Å². The van der Waals surface area contributed by atoms with Gasteiger partial charge >= 0.3 is 0 Å². The Balaban J connectivity index is 2.39. The van der Waals surface area contributed by atoms with Crippen molar-refractivity contribution in [3.8, 4) is 0 Å². The Hall–Kier alpha value is 0.0400. The quantitative estimate of drug-likeness (QED) is 0.872. The van der Waals surface area contributed by atoms with Gasteiger partial charge in [0.1, 0.15) is 0 Å². The molecule has 1 aromatic heterocycles. The number of H-pyrrole nitrogens is 1. The minimum Gasteiger partial charge on any atom is -0.336 e. The molecule has 1 aromatic rings. The number of hydrogen-bond acceptors (Lipinski definition) is 2. The zero-order valence-electron chi connectivity index (χ0n) is 6.60. The molecule has 0 saturated carbocycles. The van der Waals surface area contributed by atoms with Crippen LogP contribution in [0.4, 0.5) is 0 Å². The number of aromatic amines is 1. The molecule has 1 N–H and O–H groups in total. The number of thioether (sulfide) groups is 1. The average molecular weight is 235 g/mol. The number of aromatic nitrogens is 2. The van der Waals surface area contributed by atoms with Gasteiger partial charge in [-0.25, -0.2) is 4.98 Å². The van der Waals surface area contributed by atoms with E-state index < -0.39 is 0 Å². The Bertz CT molecular complexity index is 222. The molecule has 0 aromatic carbocycles. The van der Waals surface area contributed by atoms with Gasteiger partial charge in [-0.3, -0.25) is 0 Å². The summed E-state index contributed by atoms with van der Waals surface area (Å²) in [6.07, 6.45) is 1.86. The van der Waals surface area contributed by atoms with Gasteiger partial charge in [0.25, 0.3) is 0 Å². The van der Waals surface area contributed by atoms with Gasteiger partial charge in [0.15, 0.2) is 4.73 Å². The number of nitrogens with zero attached hydrogens (tertiary/aromatic N) is 1. The van der Waals surface area contributed by atoms with E-state index in [0.29, 0.717) is 5.25 Å². The maximum absolute atomic E-state index is 4.04. The molecule has 1 heterocycles. The molecule has 0 fully saturated rings. The van der Waals surface area contributed by atoms with Crippen LogP contribution in [-0.4, -0.2) is 15.2 Å². The van der Waals surface area contributed by atoms with Crippen molar-refractivity contribution in [3.05, 3.63) is 16.6 Å². The van der Waals surface area contributed by atoms with Crippen LogP contribution < -0.4 is 0 Å². The van der Waals surface area contributed by atoms with Crippen LogP contribution in [0.2, 0.25) is 0 Å². The second-order valence-corrected chi connectivity index (χ2v) is 4.87. The first-order chi connectivity index (χ1) is 5.18. The first-order valence-electron chi connectivity index (χ1n) is 3.49. The van der Waals surface area contributed by atoms with Gasteiger partial charge < -0.3 is 4.98 Å². The molecule has 62 valence electrons. The van der Waals surface area contributed by atoms with Crippen LogP contribution in [0, 0.1) is 0 Å². The van der Waals surface area contributed by atoms with E-state index >= 15 is 0 Å². The third-order valence-electron chi connectivity index (χ3n) is 1.17. The molecule has 0 amide bonds. The van der Waals surface area contributed by atoms with Gasteiger partial charge in [0, 0.05) is 11.4 Å². The molecule has 1 rings (SSSR count). The highest BCUT2D eigenvalue weighted by atomic mass is 79.9. The Kier molecular flexibility index (Phi) is 3.45. The fourth-order valence-corrected chi connectivity index (χ4v) is 1.68. The van der Waals surface area contributed by atoms with Gasteiger partial charge in [0.2, 0.25) is 0 Å². The summed E-state index contributed by atoms with van der Waals surface area (Å²) in [5.74, 6) is 1.01. The number of halogens is 1. The molecule has 0 aliphatic carbocycles. The van der Waals surface area contributed by atoms with Crippen molar-refractivity contribution in [2.45, 2.75) is 24.9 Å². The molecule has 0 bridgehead atoms. The van der Waals surface area contributed by atoms with Crippen LogP contribution in [0.25, 0.3) is 0 Å². The maximum Gasteiger partial charge on any atom is 0.174 e. The molecule has 0 saturated heterocycles. The highest BCUT2D eigenvalue weighted by Crippen LogP contribution is 2.16. The molecule has 2 nitrogen and oxygen atoms in total. The zero-order chi connectivity index (χ0) is 8.27. The Morgan fingerprint density at radius 1 is 1.73 bits per heavy atom. The minimum absolute atomic E-state index is 0.678. The van der Waals surface area contributed by atoms with Crippen molar-refractivity contribution in [2.75, 3.05) is 0 Å². The third kappa shape index (κ3) is 3.29. The first kappa shape index (κ1) is 9.13. The highest BCUT2D eigenvalue weighted by Gasteiger charge is 1.99. The maximum atomic E-state index is 4.04. The summed E-state index contributed by atoms with van der Waals surface area (Å²) < 4.78 is 0.817. The van der Waals surface area contributed by atoms with Gasteiger partial charge in [-0.1, -0.05) is 13.8 Å². The second kappa shape index (κ2) is 4.16. The van der Waals surface area contributed by atoms with Gasteiger partial charge in [0.05, 0.1) is 6.20 Å². The molecule has 0 aliphatic heterocycles. The average Bonchev–Trinajstić information content (AvgIpc) is 2.31. The van der Waals surface area contributed by atoms with E-state index in [0.717, 1.165) is 10.5 Å². The van der Waals surface area contributed by atoms with E-state index in [1.54, 1.807) is 0 Å². The van der Waals surface area contributed by atoms with E-state index in [1.165, 1.54) is 5.69 Å². The predicted molar refractivity (Wildman–Crippen MR) is 52.7 cm³/mol. The van der Waals surface area contributed by atoms with E-state index in [4.69, 9.17) is 0 Å². The van der Waals surface area contributed by atoms with Crippen LogP contribution in [0.3, 0.4) is 0 Å². The number of rotatable bonds is 3. The standard InChI is InChI=1S/C7H11BrN2S/c1-5(2)11-4-6-3-9-7(8)10-6/h3,5H,4H2,1-2H3,(H,9,10). The fourth-order valence-electron chi connectivity index (χ4n) is 0.661. The van der Waals surface area contributed by atoms with Gasteiger partial charge in [-0.05, 0) is 21.2 Å². The van der Waals surface area contributed by atoms with Gasteiger partial charge in [-0.2, -0.15) is 11.8 Å². The van der Waals surface area contributed by atoms with Gasteiger partial charge in [-0.15, -0.1) is 0 Å². The van der Waals surface area contributed by atoms with E-state index in [9.17, 15) is 0 Å². The zero-order valence-corrected chi connectivity index (χ0v) is 9.00. The molecular formula is C7H11BrN2S. The summed E-state index contributed by atoms with van der Waals surface area (Å²) in [6.45, 7) is 4.38. The second-order valence-electron chi connectivity index (χ2n) is 2.56. The number of nitrogens with one attached hydrogen (secondary N) is 1.